The third kappa shape index (κ3) is 6.77. The van der Waals surface area contributed by atoms with Crippen LogP contribution in [0.25, 0.3) is 17.1 Å². The second kappa shape index (κ2) is 12.8. The van der Waals surface area contributed by atoms with Crippen LogP contribution in [-0.2, 0) is 17.9 Å². The van der Waals surface area contributed by atoms with Crippen molar-refractivity contribution in [3.8, 4) is 17.1 Å². The summed E-state index contributed by atoms with van der Waals surface area (Å²) in [6, 6.07) is 6.35. The molecule has 252 valence electrons. The molecule has 0 radical (unpaired) electrons. The van der Waals surface area contributed by atoms with Gasteiger partial charge in [-0.15, -0.1) is 10.2 Å². The van der Waals surface area contributed by atoms with Gasteiger partial charge in [0, 0.05) is 36.3 Å². The van der Waals surface area contributed by atoms with Gasteiger partial charge in [0.25, 0.3) is 11.8 Å². The lowest BCUT2D eigenvalue weighted by Crippen LogP contribution is -2.50. The first-order chi connectivity index (χ1) is 22.8. The van der Waals surface area contributed by atoms with Crippen molar-refractivity contribution in [1.29, 1.82) is 0 Å². The van der Waals surface area contributed by atoms with E-state index in [1.807, 2.05) is 0 Å². The number of halogens is 5. The zero-order valence-corrected chi connectivity index (χ0v) is 25.3. The van der Waals surface area contributed by atoms with Gasteiger partial charge in [0.1, 0.15) is 19.3 Å². The van der Waals surface area contributed by atoms with E-state index in [0.29, 0.717) is 9.59 Å². The van der Waals surface area contributed by atoms with Crippen molar-refractivity contribution in [3.05, 3.63) is 75.4 Å². The van der Waals surface area contributed by atoms with Gasteiger partial charge in [-0.1, -0.05) is 11.6 Å². The summed E-state index contributed by atoms with van der Waals surface area (Å²) >= 11 is 5.95. The number of carbonyl (C=O) groups is 3. The van der Waals surface area contributed by atoms with Gasteiger partial charge in [0.15, 0.2) is 17.8 Å². The van der Waals surface area contributed by atoms with E-state index in [1.54, 1.807) is 0 Å². The van der Waals surface area contributed by atoms with Gasteiger partial charge in [0.05, 0.1) is 30.0 Å². The van der Waals surface area contributed by atoms with E-state index in [2.05, 4.69) is 30.8 Å². The van der Waals surface area contributed by atoms with Crippen molar-refractivity contribution in [2.75, 3.05) is 19.6 Å². The predicted octanol–water partition coefficient (Wildman–Crippen LogP) is 0.725. The molecule has 1 saturated heterocycles. The third-order valence-electron chi connectivity index (χ3n) is 7.52. The normalized spacial score (nSPS) is 18.4. The van der Waals surface area contributed by atoms with Crippen molar-refractivity contribution in [1.82, 2.24) is 49.6 Å². The van der Waals surface area contributed by atoms with Gasteiger partial charge in [-0.25, -0.2) is 23.5 Å². The van der Waals surface area contributed by atoms with E-state index >= 15 is 0 Å². The highest BCUT2D eigenvalue weighted by molar-refractivity contribution is 6.30. The number of rotatable bonds is 9. The molecule has 1 aliphatic heterocycles. The zero-order valence-electron chi connectivity index (χ0n) is 24.6. The molecule has 2 fully saturated rings. The lowest BCUT2D eigenvalue weighted by Gasteiger charge is -2.26. The Kier molecular flexibility index (Phi) is 8.73. The summed E-state index contributed by atoms with van der Waals surface area (Å²) in [5.74, 6) is -2.72. The van der Waals surface area contributed by atoms with Gasteiger partial charge in [-0.2, -0.15) is 13.2 Å². The van der Waals surface area contributed by atoms with E-state index in [9.17, 15) is 41.8 Å². The highest BCUT2D eigenvalue weighted by Gasteiger charge is 2.40. The SMILES string of the molecule is O=C1CN(C(=O)c2nc(Cn3nc(-c4ccc(Cl)cc4)n(CC(O)C(F)(F)F)c3=O)nn2-c2cnccc2C(=O)NC2CC2F)CCN1. The molecule has 3 unspecified atom stereocenters. The number of piperazine rings is 1. The minimum Gasteiger partial charge on any atom is -0.382 e. The molecular weight excluding hydrogens is 668 g/mol. The maximum absolute atomic E-state index is 13.7. The van der Waals surface area contributed by atoms with Crippen molar-refractivity contribution in [2.24, 2.45) is 0 Å². The second-order valence-electron chi connectivity index (χ2n) is 11.0. The minimum atomic E-state index is -5.04. The molecular formula is C28H25ClF4N10O5. The first-order valence-electron chi connectivity index (χ1n) is 14.4. The number of hydrogen-bond acceptors (Lipinski definition) is 9. The summed E-state index contributed by atoms with van der Waals surface area (Å²) in [5, 5.41) is 23.8. The largest absolute Gasteiger partial charge is 0.416 e. The molecule has 3 atom stereocenters. The molecule has 2 aliphatic rings. The molecule has 1 saturated carbocycles. The molecule has 6 rings (SSSR count). The Morgan fingerprint density at radius 2 is 1.88 bits per heavy atom. The van der Waals surface area contributed by atoms with Crippen molar-refractivity contribution >= 4 is 29.3 Å². The van der Waals surface area contributed by atoms with Crippen LogP contribution in [0.2, 0.25) is 5.02 Å². The van der Waals surface area contributed by atoms with E-state index in [-0.39, 0.29) is 60.3 Å². The molecule has 4 aromatic rings. The maximum atomic E-state index is 13.7. The molecule has 15 nitrogen and oxygen atoms in total. The predicted molar refractivity (Wildman–Crippen MR) is 157 cm³/mol. The Hall–Kier alpha value is -5.17. The molecule has 1 aromatic carbocycles. The standard InChI is InChI=1S/C28H25ClF4N10O5/c29-15-3-1-14(2-4-15)23-39-42(27(48)41(23)11-20(44)28(31,32)33)12-21-37-24(26(47)40-8-7-35-22(45)13-40)43(38-21)19-10-34-6-5-16(19)25(46)36-18-9-17(18)30/h1-6,10,17-18,20,44H,7-9,11-13H2,(H,35,45)(H,36,46). The number of benzene rings is 1. The number of carbonyl (C=O) groups excluding carboxylic acids is 3. The number of nitrogens with one attached hydrogen (secondary N) is 2. The van der Waals surface area contributed by atoms with Crippen LogP contribution < -0.4 is 16.3 Å². The van der Waals surface area contributed by atoms with Gasteiger partial charge in [0.2, 0.25) is 11.7 Å². The summed E-state index contributed by atoms with van der Waals surface area (Å²) in [6.45, 7) is -1.80. The Balaban J connectivity index is 1.42. The molecule has 3 N–H and O–H groups in total. The number of nitrogens with zero attached hydrogens (tertiary/aromatic N) is 8. The lowest BCUT2D eigenvalue weighted by atomic mass is 10.2. The van der Waals surface area contributed by atoms with E-state index in [1.165, 1.54) is 47.6 Å². The highest BCUT2D eigenvalue weighted by atomic mass is 35.5. The third-order valence-corrected chi connectivity index (χ3v) is 7.77. The molecule has 3 aromatic heterocycles. The van der Waals surface area contributed by atoms with Crippen molar-refractivity contribution in [3.63, 3.8) is 0 Å². The van der Waals surface area contributed by atoms with Crippen LogP contribution in [0.4, 0.5) is 17.6 Å². The van der Waals surface area contributed by atoms with Crippen molar-refractivity contribution < 1.29 is 37.1 Å². The number of aliphatic hydroxyl groups is 1. The number of alkyl halides is 4. The Morgan fingerprint density at radius 1 is 1.15 bits per heavy atom. The fourth-order valence-corrected chi connectivity index (χ4v) is 5.05. The Bertz CT molecular complexity index is 1940. The van der Waals surface area contributed by atoms with Crippen LogP contribution in [0, 0.1) is 0 Å². The number of hydrogen-bond donors (Lipinski definition) is 3. The fourth-order valence-electron chi connectivity index (χ4n) is 4.92. The quantitative estimate of drug-likeness (QED) is 0.213. The number of amides is 3. The average molecular weight is 693 g/mol. The monoisotopic (exact) mass is 692 g/mol. The number of aliphatic hydroxyl groups excluding tert-OH is 1. The molecule has 3 amide bonds. The van der Waals surface area contributed by atoms with Crippen LogP contribution in [0.3, 0.4) is 0 Å². The number of pyridine rings is 1. The summed E-state index contributed by atoms with van der Waals surface area (Å²) in [5.41, 5.74) is -0.937. The van der Waals surface area contributed by atoms with Gasteiger partial charge >= 0.3 is 11.9 Å². The highest BCUT2D eigenvalue weighted by Crippen LogP contribution is 2.27. The van der Waals surface area contributed by atoms with Crippen LogP contribution >= 0.6 is 11.6 Å². The summed E-state index contributed by atoms with van der Waals surface area (Å²) in [4.78, 5) is 61.7. The van der Waals surface area contributed by atoms with E-state index < -0.39 is 61.0 Å². The van der Waals surface area contributed by atoms with Crippen LogP contribution in [0.1, 0.15) is 33.2 Å². The lowest BCUT2D eigenvalue weighted by molar-refractivity contribution is -0.207. The topological polar surface area (TPSA) is 182 Å². The van der Waals surface area contributed by atoms with Gasteiger partial charge < -0.3 is 20.6 Å². The first kappa shape index (κ1) is 32.8. The van der Waals surface area contributed by atoms with Gasteiger partial charge in [-0.3, -0.25) is 23.9 Å². The molecule has 1 aliphatic carbocycles. The maximum Gasteiger partial charge on any atom is 0.416 e. The Labute approximate surface area is 272 Å². The molecule has 20 heteroatoms. The van der Waals surface area contributed by atoms with Crippen LogP contribution in [0.5, 0.6) is 0 Å². The number of aromatic nitrogens is 7. The smallest absolute Gasteiger partial charge is 0.382 e. The van der Waals surface area contributed by atoms with E-state index in [0.717, 1.165) is 9.36 Å². The van der Waals surface area contributed by atoms with Gasteiger partial charge in [-0.05, 0) is 30.3 Å². The summed E-state index contributed by atoms with van der Waals surface area (Å²) in [7, 11) is 0. The average Bonchev–Trinajstić information content (AvgIpc) is 3.44. The Morgan fingerprint density at radius 3 is 2.54 bits per heavy atom. The first-order valence-corrected chi connectivity index (χ1v) is 14.8. The second-order valence-corrected chi connectivity index (χ2v) is 11.4. The summed E-state index contributed by atoms with van der Waals surface area (Å²) < 4.78 is 55.8. The molecule has 4 heterocycles. The fraction of sp³-hybridized carbons (Fsp3) is 0.357. The molecule has 0 bridgehead atoms. The van der Waals surface area contributed by atoms with Crippen molar-refractivity contribution in [2.45, 2.75) is 44.0 Å². The van der Waals surface area contributed by atoms with Crippen LogP contribution in [-0.4, -0.2) is 106 Å². The molecule has 0 spiro atoms. The zero-order chi connectivity index (χ0) is 34.3. The molecule has 48 heavy (non-hydrogen) atoms. The summed E-state index contributed by atoms with van der Waals surface area (Å²) in [6.07, 6.45) is -6.50. The van der Waals surface area contributed by atoms with Crippen LogP contribution in [0.15, 0.2) is 47.5 Å². The minimum absolute atomic E-state index is 0.0392. The van der Waals surface area contributed by atoms with E-state index in [4.69, 9.17) is 11.6 Å².